The molecular weight excluding hydrogens is 266 g/mol. The molecule has 108 valence electrons. The summed E-state index contributed by atoms with van der Waals surface area (Å²) in [5.41, 5.74) is 2.45. The predicted octanol–water partition coefficient (Wildman–Crippen LogP) is 3.70. The fourth-order valence-electron chi connectivity index (χ4n) is 1.78. The molecule has 0 aliphatic heterocycles. The van der Waals surface area contributed by atoms with Crippen LogP contribution in [0.3, 0.4) is 0 Å². The van der Waals surface area contributed by atoms with Gasteiger partial charge in [0.25, 0.3) is 0 Å². The van der Waals surface area contributed by atoms with Gasteiger partial charge in [-0.25, -0.2) is 4.39 Å². The summed E-state index contributed by atoms with van der Waals surface area (Å²) in [5, 5.41) is 3.03. The minimum atomic E-state index is -0.352. The van der Waals surface area contributed by atoms with Crippen molar-refractivity contribution in [1.82, 2.24) is 0 Å². The number of allylic oxidation sites excluding steroid dienone is 1. The summed E-state index contributed by atoms with van der Waals surface area (Å²) in [5.74, 6) is -0.526. The van der Waals surface area contributed by atoms with E-state index in [9.17, 15) is 9.18 Å². The summed E-state index contributed by atoms with van der Waals surface area (Å²) in [6, 6.07) is 13.3. The van der Waals surface area contributed by atoms with Crippen LogP contribution in [-0.4, -0.2) is 19.9 Å². The Kier molecular flexibility index (Phi) is 4.72. The molecule has 4 heteroatoms. The number of benzene rings is 2. The second-order valence-corrected chi connectivity index (χ2v) is 4.79. The number of nitrogens with zero attached hydrogens (tertiary/aromatic N) is 1. The van der Waals surface area contributed by atoms with Gasteiger partial charge in [0, 0.05) is 43.3 Å². The fraction of sp³-hybridized carbons (Fsp3) is 0.118. The third-order valence-corrected chi connectivity index (χ3v) is 3.00. The topological polar surface area (TPSA) is 32.3 Å². The first-order valence-electron chi connectivity index (χ1n) is 6.56. The van der Waals surface area contributed by atoms with Crippen LogP contribution < -0.4 is 10.2 Å². The van der Waals surface area contributed by atoms with Gasteiger partial charge in [-0.15, -0.1) is 0 Å². The monoisotopic (exact) mass is 283 g/mol. The first-order chi connectivity index (χ1) is 10.1. The standard InChI is InChI=1S/C17H17FN2O/c1-20(2)16-9-7-15(8-10-16)19-12-11-17(21)13-3-5-14(18)6-4-13/h3-12,19H,1-2H3/b12-11+/i18-1. The molecule has 0 unspecified atom stereocenters. The van der Waals surface area contributed by atoms with Crippen LogP contribution in [0, 0.1) is 5.82 Å². The molecule has 0 saturated carbocycles. The molecule has 0 spiro atoms. The number of anilines is 2. The van der Waals surface area contributed by atoms with Gasteiger partial charge in [-0.3, -0.25) is 4.79 Å². The molecule has 0 bridgehead atoms. The molecule has 0 heterocycles. The summed E-state index contributed by atoms with van der Waals surface area (Å²) in [7, 11) is 3.95. The molecule has 0 radical (unpaired) electrons. The highest BCUT2D eigenvalue weighted by Crippen LogP contribution is 2.15. The normalized spacial score (nSPS) is 10.6. The van der Waals surface area contributed by atoms with Crippen LogP contribution in [0.5, 0.6) is 0 Å². The smallest absolute Gasteiger partial charge is 0.187 e. The van der Waals surface area contributed by atoms with E-state index in [0.29, 0.717) is 5.56 Å². The Bertz CT molecular complexity index is 631. The van der Waals surface area contributed by atoms with Gasteiger partial charge in [-0.05, 0) is 48.5 Å². The maximum Gasteiger partial charge on any atom is 0.187 e. The van der Waals surface area contributed by atoms with E-state index in [1.165, 1.54) is 30.3 Å². The van der Waals surface area contributed by atoms with Crippen molar-refractivity contribution in [2.45, 2.75) is 0 Å². The van der Waals surface area contributed by atoms with Gasteiger partial charge in [-0.2, -0.15) is 0 Å². The highest BCUT2D eigenvalue weighted by Gasteiger charge is 2.01. The molecule has 0 atom stereocenters. The molecule has 2 aromatic carbocycles. The highest BCUT2D eigenvalue weighted by molar-refractivity contribution is 6.04. The third kappa shape index (κ3) is 4.18. The lowest BCUT2D eigenvalue weighted by Crippen LogP contribution is -2.08. The quantitative estimate of drug-likeness (QED) is 0.671. The summed E-state index contributed by atoms with van der Waals surface area (Å²) < 4.78 is 12.8. The zero-order valence-corrected chi connectivity index (χ0v) is 12.0. The van der Waals surface area contributed by atoms with Crippen molar-refractivity contribution in [3.63, 3.8) is 0 Å². The molecule has 0 aromatic heterocycles. The number of carbonyl (C=O) groups is 1. The molecule has 3 nitrogen and oxygen atoms in total. The molecule has 0 fully saturated rings. The van der Waals surface area contributed by atoms with Crippen LogP contribution in [-0.2, 0) is 0 Å². The van der Waals surface area contributed by atoms with Crippen molar-refractivity contribution >= 4 is 17.2 Å². The molecule has 1 N–H and O–H groups in total. The Labute approximate surface area is 123 Å². The molecule has 2 aromatic rings. The largest absolute Gasteiger partial charge is 0.378 e. The summed E-state index contributed by atoms with van der Waals surface area (Å²) >= 11 is 0. The number of nitrogens with one attached hydrogen (secondary N) is 1. The molecular formula is C17H17FN2O. The second kappa shape index (κ2) is 6.70. The Morgan fingerprint density at radius 3 is 2.24 bits per heavy atom. The maximum absolute atomic E-state index is 12.8. The average Bonchev–Trinajstić information content (AvgIpc) is 2.48. The third-order valence-electron chi connectivity index (χ3n) is 3.00. The van der Waals surface area contributed by atoms with Gasteiger partial charge < -0.3 is 10.2 Å². The number of carbonyl (C=O) groups excluding carboxylic acids is 1. The molecule has 0 aliphatic carbocycles. The fourth-order valence-corrected chi connectivity index (χ4v) is 1.78. The van der Waals surface area contributed by atoms with E-state index in [0.717, 1.165) is 11.4 Å². The first-order valence-corrected chi connectivity index (χ1v) is 6.56. The number of hydrogen-bond donors (Lipinski definition) is 1. The van der Waals surface area contributed by atoms with Gasteiger partial charge in [-0.1, -0.05) is 0 Å². The van der Waals surface area contributed by atoms with Crippen molar-refractivity contribution < 1.29 is 9.18 Å². The number of hydrogen-bond acceptors (Lipinski definition) is 3. The van der Waals surface area contributed by atoms with Crippen LogP contribution in [0.2, 0.25) is 0 Å². The van der Waals surface area contributed by atoms with Gasteiger partial charge >= 0.3 is 0 Å². The van der Waals surface area contributed by atoms with Crippen molar-refractivity contribution in [3.8, 4) is 0 Å². The summed E-state index contributed by atoms with van der Waals surface area (Å²) in [6.07, 6.45) is 3.00. The lowest BCUT2D eigenvalue weighted by molar-refractivity contribution is 0.104. The molecule has 0 amide bonds. The Balaban J connectivity index is 1.95. The molecule has 0 aliphatic rings. The zero-order chi connectivity index (χ0) is 15.2. The average molecular weight is 283 g/mol. The number of ketones is 1. The SMILES string of the molecule is CN(C)c1ccc(N/C=C/C(=O)c2ccc([18F])cc2)cc1. The Morgan fingerprint density at radius 2 is 1.67 bits per heavy atom. The first kappa shape index (κ1) is 14.8. The van der Waals surface area contributed by atoms with Crippen LogP contribution >= 0.6 is 0 Å². The Morgan fingerprint density at radius 1 is 1.05 bits per heavy atom. The van der Waals surface area contributed by atoms with E-state index in [2.05, 4.69) is 5.32 Å². The van der Waals surface area contributed by atoms with E-state index in [1.807, 2.05) is 43.3 Å². The van der Waals surface area contributed by atoms with E-state index in [1.54, 1.807) is 6.20 Å². The van der Waals surface area contributed by atoms with E-state index in [4.69, 9.17) is 0 Å². The van der Waals surface area contributed by atoms with Gasteiger partial charge in [0.15, 0.2) is 5.78 Å². The van der Waals surface area contributed by atoms with Crippen molar-refractivity contribution in [1.29, 1.82) is 0 Å². The van der Waals surface area contributed by atoms with Gasteiger partial charge in [0.2, 0.25) is 0 Å². The van der Waals surface area contributed by atoms with Gasteiger partial charge in [0.1, 0.15) is 5.82 Å². The lowest BCUT2D eigenvalue weighted by Gasteiger charge is -2.12. The van der Waals surface area contributed by atoms with Crippen molar-refractivity contribution in [2.75, 3.05) is 24.3 Å². The van der Waals surface area contributed by atoms with E-state index in [-0.39, 0.29) is 11.6 Å². The van der Waals surface area contributed by atoms with Crippen LogP contribution in [0.15, 0.2) is 60.8 Å². The predicted molar refractivity (Wildman–Crippen MR) is 84.3 cm³/mol. The maximum atomic E-state index is 12.8. The minimum absolute atomic E-state index is 0.174. The van der Waals surface area contributed by atoms with Crippen LogP contribution in [0.25, 0.3) is 0 Å². The molecule has 21 heavy (non-hydrogen) atoms. The molecule has 0 saturated heterocycles. The number of halogens is 1. The molecule has 2 rings (SSSR count). The van der Waals surface area contributed by atoms with Gasteiger partial charge in [0.05, 0.1) is 0 Å². The van der Waals surface area contributed by atoms with Crippen LogP contribution in [0.4, 0.5) is 15.8 Å². The van der Waals surface area contributed by atoms with E-state index >= 15 is 0 Å². The number of rotatable bonds is 5. The zero-order valence-electron chi connectivity index (χ0n) is 12.0. The summed E-state index contributed by atoms with van der Waals surface area (Å²) in [6.45, 7) is 0. The second-order valence-electron chi connectivity index (χ2n) is 4.79. The lowest BCUT2D eigenvalue weighted by atomic mass is 10.1. The van der Waals surface area contributed by atoms with Crippen molar-refractivity contribution in [2.24, 2.45) is 0 Å². The minimum Gasteiger partial charge on any atom is -0.378 e. The Hall–Kier alpha value is -2.62. The van der Waals surface area contributed by atoms with Crippen LogP contribution in [0.1, 0.15) is 10.4 Å². The van der Waals surface area contributed by atoms with E-state index < -0.39 is 0 Å². The summed E-state index contributed by atoms with van der Waals surface area (Å²) in [4.78, 5) is 13.8. The highest BCUT2D eigenvalue weighted by atomic mass is 18.2. The van der Waals surface area contributed by atoms with Crippen molar-refractivity contribution in [3.05, 3.63) is 72.2 Å².